The molecule has 8 saturated heterocycles. The number of carbonyl (C=O) groups excluding carboxylic acids is 4. The van der Waals surface area contributed by atoms with Crippen LogP contribution in [0.2, 0.25) is 0 Å². The maximum atomic E-state index is 12.3. The number of carbonyl (C=O) groups is 4. The van der Waals surface area contributed by atoms with E-state index in [-0.39, 0.29) is 42.0 Å². The number of rotatable bonds is 9. The highest BCUT2D eigenvalue weighted by Crippen LogP contribution is 2.27. The quantitative estimate of drug-likeness (QED) is 0.201. The molecule has 0 spiro atoms. The van der Waals surface area contributed by atoms with Crippen molar-refractivity contribution in [2.24, 2.45) is 11.8 Å². The minimum Gasteiger partial charge on any atom is -0.444 e. The second-order valence-electron chi connectivity index (χ2n) is 42.9. The van der Waals surface area contributed by atoms with Crippen LogP contribution in [0.5, 0.6) is 0 Å². The summed E-state index contributed by atoms with van der Waals surface area (Å²) in [4.78, 5) is 83.0. The Kier molecular flexibility index (Phi) is 47.9. The van der Waals surface area contributed by atoms with Crippen LogP contribution in [0.3, 0.4) is 0 Å². The van der Waals surface area contributed by atoms with Crippen molar-refractivity contribution < 1.29 is 38.1 Å². The number of likely N-dealkylation sites (N-methyl/N-ethyl adjacent to an activating group) is 2. The van der Waals surface area contributed by atoms with E-state index < -0.39 is 22.4 Å². The molecular weight excluding hydrogens is 1440 g/mol. The fourth-order valence-corrected chi connectivity index (χ4v) is 15.2. The van der Waals surface area contributed by atoms with Crippen molar-refractivity contribution in [3.63, 3.8) is 0 Å². The molecule has 0 bridgehead atoms. The molecule has 0 aliphatic carbocycles. The lowest BCUT2D eigenvalue weighted by Gasteiger charge is -2.48. The summed E-state index contributed by atoms with van der Waals surface area (Å²) in [7, 11) is 2.19. The zero-order chi connectivity index (χ0) is 88.9. The SMILES string of the molecule is CC(C)C1CN(C(C)C)CCN1C(=O)OC(C)(C)C.CC(C)N1CCN(C(=O)OC(C)(C)C)C(C)(C)C1.CC(C)N1CCN(C(=O)OC(C)(C)C)C(C)C1.CC(C)N1CCN(C(=O)OC(C)(C)C)CC1.CC(C)N1CCN(C(C)(C)C)CC1.CC1CCCN(C(C)C)C1.CCN1CCN(C(C)C)CC1.CN1CCN(C(C)(C)C)CC1. The average molecular weight is 1640 g/mol. The first-order valence-electron chi connectivity index (χ1n) is 45.6. The molecule has 0 radical (unpaired) electrons. The van der Waals surface area contributed by atoms with Gasteiger partial charge in [-0.3, -0.25) is 39.2 Å². The van der Waals surface area contributed by atoms with Gasteiger partial charge in [-0.2, -0.15) is 0 Å². The Balaban J connectivity index is 0.000000663. The highest BCUT2D eigenvalue weighted by Gasteiger charge is 2.41. The highest BCUT2D eigenvalue weighted by atomic mass is 16.6. The van der Waals surface area contributed by atoms with Crippen LogP contribution in [0.4, 0.5) is 19.2 Å². The molecule has 23 nitrogen and oxygen atoms in total. The summed E-state index contributed by atoms with van der Waals surface area (Å²) < 4.78 is 21.8. The van der Waals surface area contributed by atoms with E-state index in [9.17, 15) is 19.2 Å². The molecule has 0 aromatic carbocycles. The van der Waals surface area contributed by atoms with Gasteiger partial charge in [0, 0.05) is 230 Å². The predicted octanol–water partition coefficient (Wildman–Crippen LogP) is 16.0. The molecule has 0 saturated carbocycles. The van der Waals surface area contributed by atoms with Gasteiger partial charge in [0.25, 0.3) is 0 Å². The first-order valence-corrected chi connectivity index (χ1v) is 45.6. The summed E-state index contributed by atoms with van der Waals surface area (Å²) in [5.74, 6) is 1.37. The lowest BCUT2D eigenvalue weighted by Crippen LogP contribution is -2.62. The lowest BCUT2D eigenvalue weighted by molar-refractivity contribution is -0.0284. The number of amides is 4. The molecule has 3 unspecified atom stereocenters. The zero-order valence-electron chi connectivity index (χ0n) is 83.0. The van der Waals surface area contributed by atoms with Crippen LogP contribution in [0.25, 0.3) is 0 Å². The number of nitrogens with zero attached hydrogens (tertiary/aromatic N) is 15. The number of piperidine rings is 1. The fraction of sp³-hybridized carbons (Fsp3) is 0.957. The Bertz CT molecular complexity index is 2640. The van der Waals surface area contributed by atoms with E-state index in [1.54, 1.807) is 4.90 Å². The number of likely N-dealkylation sites (tertiary alicyclic amines) is 1. The van der Waals surface area contributed by atoms with Gasteiger partial charge in [-0.1, -0.05) is 27.7 Å². The molecule has 8 heterocycles. The van der Waals surface area contributed by atoms with Gasteiger partial charge in [0.15, 0.2) is 0 Å². The topological polar surface area (TPSA) is 154 Å². The molecule has 4 amide bonds. The molecule has 8 rings (SSSR count). The van der Waals surface area contributed by atoms with Crippen molar-refractivity contribution >= 4 is 24.4 Å². The minimum atomic E-state index is -0.428. The molecule has 8 fully saturated rings. The molecular formula is C92H191N15O8. The van der Waals surface area contributed by atoms with E-state index in [0.29, 0.717) is 47.2 Å². The molecule has 8 aliphatic rings. The van der Waals surface area contributed by atoms with Gasteiger partial charge < -0.3 is 53.2 Å². The Labute approximate surface area is 710 Å². The minimum absolute atomic E-state index is 0.172. The van der Waals surface area contributed by atoms with Gasteiger partial charge in [-0.25, -0.2) is 19.2 Å². The Morgan fingerprint density at radius 3 is 1.02 bits per heavy atom. The predicted molar refractivity (Wildman–Crippen MR) is 486 cm³/mol. The molecule has 115 heavy (non-hydrogen) atoms. The molecule has 0 aromatic heterocycles. The standard InChI is InChI=1S/C15H30N2O2.C14H28N2O2.C13H26N2O2.C12H24N2O2.C11H24N2.2C9H20N2.C9H19N/c1-11(2)13-10-16(12(3)4)8-9-17(13)14(18)19-15(5,6)7;1-11(2)15-8-9-16(14(6,7)10-15)12(17)18-13(3,4)5;1-10(2)14-7-8-15(11(3)9-14)12(16)17-13(4,5)6;1-10(2)13-6-8-14(9-7-13)11(15)16-12(3,4)5;1-10(2)12-6-8-13(9-7-12)11(3,4)5;1-9(2,3)11-7-5-10(4)6-8-11;1-4-10-5-7-11(8-6-10)9(2)3;1-8(2)10-6-4-5-9(3)7-10/h11-13H,8-10H2,1-7H3;11H,8-10H2,1-7H3;10-11H,7-9H2,1-6H3;10H,6-9H2,1-5H3;10H,6-9H2,1-5H3;5-8H2,1-4H3;9H,4-8H2,1-3H3;8-9H,4-7H2,1-3H3. The monoisotopic (exact) mass is 1630 g/mol. The molecule has 682 valence electrons. The second-order valence-corrected chi connectivity index (χ2v) is 42.9. The van der Waals surface area contributed by atoms with Crippen molar-refractivity contribution in [1.82, 2.24) is 73.5 Å². The molecule has 0 aromatic rings. The van der Waals surface area contributed by atoms with Crippen LogP contribution in [-0.4, -0.2) is 382 Å². The zero-order valence-corrected chi connectivity index (χ0v) is 83.0. The van der Waals surface area contributed by atoms with Crippen LogP contribution >= 0.6 is 0 Å². The Hall–Kier alpha value is -3.36. The highest BCUT2D eigenvalue weighted by molar-refractivity contribution is 5.70. The summed E-state index contributed by atoms with van der Waals surface area (Å²) in [5, 5.41) is 0. The molecule has 3 atom stereocenters. The summed E-state index contributed by atoms with van der Waals surface area (Å²) in [5.41, 5.74) is -1.12. The second kappa shape index (κ2) is 50.3. The number of ether oxygens (including phenoxy) is 4. The van der Waals surface area contributed by atoms with Gasteiger partial charge in [0.1, 0.15) is 22.4 Å². The normalized spacial score (nSPS) is 22.6. The van der Waals surface area contributed by atoms with Crippen molar-refractivity contribution in [1.29, 1.82) is 0 Å². The average Bonchev–Trinajstić information content (AvgIpc) is 0.800. The van der Waals surface area contributed by atoms with Crippen molar-refractivity contribution in [2.45, 2.75) is 376 Å². The van der Waals surface area contributed by atoms with Crippen LogP contribution < -0.4 is 0 Å². The largest absolute Gasteiger partial charge is 0.444 e. The van der Waals surface area contributed by atoms with Crippen molar-refractivity contribution in [3.8, 4) is 0 Å². The third kappa shape index (κ3) is 44.8. The summed E-state index contributed by atoms with van der Waals surface area (Å²) >= 11 is 0. The molecule has 23 heteroatoms. The van der Waals surface area contributed by atoms with E-state index in [1.165, 1.54) is 111 Å². The van der Waals surface area contributed by atoms with E-state index in [0.717, 1.165) is 103 Å². The number of hydrogen-bond acceptors (Lipinski definition) is 19. The van der Waals surface area contributed by atoms with Crippen LogP contribution in [0.1, 0.15) is 283 Å². The van der Waals surface area contributed by atoms with Crippen molar-refractivity contribution in [2.75, 3.05) is 190 Å². The van der Waals surface area contributed by atoms with Crippen molar-refractivity contribution in [3.05, 3.63) is 0 Å². The van der Waals surface area contributed by atoms with Crippen LogP contribution in [-0.2, 0) is 18.9 Å². The van der Waals surface area contributed by atoms with Gasteiger partial charge in [-0.05, 0) is 287 Å². The van der Waals surface area contributed by atoms with E-state index in [4.69, 9.17) is 18.9 Å². The van der Waals surface area contributed by atoms with Crippen LogP contribution in [0, 0.1) is 11.8 Å². The third-order valence-electron chi connectivity index (χ3n) is 23.0. The van der Waals surface area contributed by atoms with Gasteiger partial charge in [-0.15, -0.1) is 0 Å². The molecule has 0 N–H and O–H groups in total. The van der Waals surface area contributed by atoms with Gasteiger partial charge >= 0.3 is 24.4 Å². The summed E-state index contributed by atoms with van der Waals surface area (Å²) in [6, 6.07) is 4.80. The third-order valence-corrected chi connectivity index (χ3v) is 23.0. The Morgan fingerprint density at radius 1 is 0.357 bits per heavy atom. The lowest BCUT2D eigenvalue weighted by atomic mass is 9.98. The maximum Gasteiger partial charge on any atom is 0.410 e. The number of hydrogen-bond donors (Lipinski definition) is 0. The fourth-order valence-electron chi connectivity index (χ4n) is 15.2. The Morgan fingerprint density at radius 2 is 0.678 bits per heavy atom. The first-order chi connectivity index (χ1) is 52.5. The number of piperazine rings is 7. The van der Waals surface area contributed by atoms with Gasteiger partial charge in [0.05, 0.1) is 11.6 Å². The summed E-state index contributed by atoms with van der Waals surface area (Å²) in [6.45, 7) is 113. The maximum absolute atomic E-state index is 12.3. The molecule has 8 aliphatic heterocycles. The van der Waals surface area contributed by atoms with E-state index in [2.05, 4.69) is 248 Å². The van der Waals surface area contributed by atoms with E-state index in [1.807, 2.05) is 97.8 Å². The van der Waals surface area contributed by atoms with Gasteiger partial charge in [0.2, 0.25) is 0 Å². The van der Waals surface area contributed by atoms with E-state index >= 15 is 0 Å². The summed E-state index contributed by atoms with van der Waals surface area (Å²) in [6.07, 6.45) is 2.09. The smallest absolute Gasteiger partial charge is 0.410 e. The van der Waals surface area contributed by atoms with Crippen LogP contribution in [0.15, 0.2) is 0 Å². The first kappa shape index (κ1) is 110.